The molecule has 54 heavy (non-hydrogen) atoms. The smallest absolute Gasteiger partial charge is 0.145 e. The first-order valence-corrected chi connectivity index (χ1v) is 18.4. The Morgan fingerprint density at radius 1 is 0.352 bits per heavy atom. The van der Waals surface area contributed by atoms with E-state index in [-0.39, 0.29) is 0 Å². The molecule has 6 heteroatoms. The minimum absolute atomic E-state index is 0.862. The number of benzene rings is 7. The van der Waals surface area contributed by atoms with Gasteiger partial charge in [0.15, 0.2) is 0 Å². The van der Waals surface area contributed by atoms with Crippen LogP contribution in [0.2, 0.25) is 0 Å². The summed E-state index contributed by atoms with van der Waals surface area (Å²) in [6.07, 6.45) is 0. The van der Waals surface area contributed by atoms with Crippen LogP contribution in [0, 0.1) is 20.8 Å². The number of aromatic nitrogens is 6. The molecule has 0 N–H and O–H groups in total. The van der Waals surface area contributed by atoms with Gasteiger partial charge in [0.1, 0.15) is 17.5 Å². The van der Waals surface area contributed by atoms with Crippen LogP contribution in [0.1, 0.15) is 16.7 Å². The highest BCUT2D eigenvalue weighted by Crippen LogP contribution is 2.47. The summed E-state index contributed by atoms with van der Waals surface area (Å²) in [5, 5.41) is 0. The van der Waals surface area contributed by atoms with Crippen LogP contribution >= 0.6 is 0 Å². The van der Waals surface area contributed by atoms with Gasteiger partial charge in [-0.05, 0) is 116 Å². The first-order valence-electron chi connectivity index (χ1n) is 18.4. The Hall–Kier alpha value is -7.05. The lowest BCUT2D eigenvalue weighted by Gasteiger charge is -2.17. The van der Waals surface area contributed by atoms with E-state index < -0.39 is 0 Å². The third kappa shape index (κ3) is 4.56. The average Bonchev–Trinajstić information content (AvgIpc) is 3.50. The lowest BCUT2D eigenvalue weighted by atomic mass is 10.0. The molecule has 0 bridgehead atoms. The molecule has 256 valence electrons. The van der Waals surface area contributed by atoms with E-state index in [0.29, 0.717) is 0 Å². The second kappa shape index (κ2) is 11.5. The molecule has 2 aliphatic rings. The Morgan fingerprint density at radius 3 is 1.22 bits per heavy atom. The lowest BCUT2D eigenvalue weighted by Crippen LogP contribution is -2.04. The molecular formula is C48H34N6. The van der Waals surface area contributed by atoms with Gasteiger partial charge in [0.05, 0.1) is 50.2 Å². The fourth-order valence-corrected chi connectivity index (χ4v) is 8.20. The molecule has 11 rings (SSSR count). The van der Waals surface area contributed by atoms with E-state index in [9.17, 15) is 0 Å². The van der Waals surface area contributed by atoms with E-state index in [1.54, 1.807) is 0 Å². The van der Waals surface area contributed by atoms with E-state index in [0.717, 1.165) is 84.3 Å². The van der Waals surface area contributed by atoms with Crippen molar-refractivity contribution in [3.63, 3.8) is 0 Å². The summed E-state index contributed by atoms with van der Waals surface area (Å²) >= 11 is 0. The Bertz CT molecular complexity index is 2970. The van der Waals surface area contributed by atoms with Crippen LogP contribution in [0.4, 0.5) is 0 Å². The zero-order valence-electron chi connectivity index (χ0n) is 30.1. The Morgan fingerprint density at radius 2 is 0.741 bits per heavy atom. The van der Waals surface area contributed by atoms with Crippen molar-refractivity contribution < 1.29 is 0 Å². The third-order valence-corrected chi connectivity index (χ3v) is 10.9. The van der Waals surface area contributed by atoms with Crippen LogP contribution in [-0.4, -0.2) is 28.7 Å². The maximum Gasteiger partial charge on any atom is 0.145 e. The molecule has 0 radical (unpaired) electrons. The highest BCUT2D eigenvalue weighted by molar-refractivity contribution is 6.08. The molecule has 0 atom stereocenters. The summed E-state index contributed by atoms with van der Waals surface area (Å²) in [6, 6.07) is 53.7. The van der Waals surface area contributed by atoms with Crippen LogP contribution < -0.4 is 0 Å². The zero-order chi connectivity index (χ0) is 36.1. The summed E-state index contributed by atoms with van der Waals surface area (Å²) in [5.41, 5.74) is 18.5. The molecule has 0 unspecified atom stereocenters. The molecule has 0 amide bonds. The SMILES string of the molecule is Cc1ccccc1-n1c(-c2cc(-c3nc4ccccc4n3-c3ccccc3C)cc(-c3nc4cc5cc-5c4n3-c3ccccc3C)c2)nc2ccccc21. The minimum atomic E-state index is 0.862. The predicted octanol–water partition coefficient (Wildman–Crippen LogP) is 11.6. The van der Waals surface area contributed by atoms with Gasteiger partial charge in [0, 0.05) is 22.3 Å². The molecule has 6 nitrogen and oxygen atoms in total. The first-order chi connectivity index (χ1) is 26.5. The monoisotopic (exact) mass is 694 g/mol. The maximum atomic E-state index is 5.40. The molecule has 2 aliphatic carbocycles. The van der Waals surface area contributed by atoms with Crippen molar-refractivity contribution in [1.82, 2.24) is 28.7 Å². The second-order valence-electron chi connectivity index (χ2n) is 14.3. The molecule has 0 aliphatic heterocycles. The van der Waals surface area contributed by atoms with Crippen molar-refractivity contribution in [3.8, 4) is 62.4 Å². The van der Waals surface area contributed by atoms with Gasteiger partial charge in [0.25, 0.3) is 0 Å². The molecule has 6 aromatic carbocycles. The number of nitrogens with zero attached hydrogens (tertiary/aromatic N) is 6. The lowest BCUT2D eigenvalue weighted by molar-refractivity contribution is 1.07. The molecule has 0 saturated heterocycles. The third-order valence-electron chi connectivity index (χ3n) is 10.9. The Kier molecular flexibility index (Phi) is 6.49. The maximum absolute atomic E-state index is 5.40. The summed E-state index contributed by atoms with van der Waals surface area (Å²) < 4.78 is 6.95. The van der Waals surface area contributed by atoms with E-state index in [2.05, 4.69) is 186 Å². The van der Waals surface area contributed by atoms with Crippen LogP contribution in [0.25, 0.3) is 95.5 Å². The number of para-hydroxylation sites is 7. The molecule has 9 aromatic rings. The molecule has 3 aromatic heterocycles. The number of hydrogen-bond acceptors (Lipinski definition) is 3. The molecular weight excluding hydrogens is 661 g/mol. The zero-order valence-corrected chi connectivity index (χ0v) is 30.1. The summed E-state index contributed by atoms with van der Waals surface area (Å²) in [5.74, 6) is 2.61. The van der Waals surface area contributed by atoms with Gasteiger partial charge in [0.2, 0.25) is 0 Å². The number of imidazole rings is 3. The van der Waals surface area contributed by atoms with Crippen LogP contribution in [0.15, 0.2) is 152 Å². The van der Waals surface area contributed by atoms with E-state index in [4.69, 9.17) is 15.0 Å². The van der Waals surface area contributed by atoms with E-state index in [1.165, 1.54) is 27.8 Å². The van der Waals surface area contributed by atoms with Crippen molar-refractivity contribution in [2.75, 3.05) is 0 Å². The second-order valence-corrected chi connectivity index (χ2v) is 14.3. The number of rotatable bonds is 6. The predicted molar refractivity (Wildman–Crippen MR) is 220 cm³/mol. The molecule has 0 spiro atoms. The van der Waals surface area contributed by atoms with Gasteiger partial charge < -0.3 is 0 Å². The van der Waals surface area contributed by atoms with Gasteiger partial charge in [-0.15, -0.1) is 0 Å². The highest BCUT2D eigenvalue weighted by Gasteiger charge is 2.28. The summed E-state index contributed by atoms with van der Waals surface area (Å²) in [4.78, 5) is 16.1. The minimum Gasteiger partial charge on any atom is -0.292 e. The standard InChI is InChI=1S/C48H34N6/c1-29-14-4-9-19-40(29)52-43-22-12-7-17-37(43)49-46(52)33-24-34(47-50-38-18-8-13-23-44(38)53(47)41-20-10-5-15-30(41)2)26-35(25-33)48-51-39-28-32-27-36(32)45(39)54(48)42-21-11-6-16-31(42)3/h4-28H,1-3H3. The largest absolute Gasteiger partial charge is 0.292 e. The van der Waals surface area contributed by atoms with Crippen LogP contribution in [-0.2, 0) is 0 Å². The topological polar surface area (TPSA) is 53.5 Å². The quantitative estimate of drug-likeness (QED) is 0.174. The van der Waals surface area contributed by atoms with Gasteiger partial charge >= 0.3 is 0 Å². The van der Waals surface area contributed by atoms with Gasteiger partial charge in [-0.2, -0.15) is 0 Å². The average molecular weight is 695 g/mol. The first kappa shape index (κ1) is 30.6. The van der Waals surface area contributed by atoms with Crippen LogP contribution in [0.3, 0.4) is 0 Å². The normalized spacial score (nSPS) is 12.0. The van der Waals surface area contributed by atoms with Crippen LogP contribution in [0.5, 0.6) is 0 Å². The molecule has 3 heterocycles. The van der Waals surface area contributed by atoms with Gasteiger partial charge in [-0.3, -0.25) is 13.7 Å². The van der Waals surface area contributed by atoms with Crippen molar-refractivity contribution in [2.24, 2.45) is 0 Å². The van der Waals surface area contributed by atoms with E-state index in [1.807, 2.05) is 0 Å². The molecule has 0 fully saturated rings. The molecule has 0 saturated carbocycles. The summed E-state index contributed by atoms with van der Waals surface area (Å²) in [6.45, 7) is 6.50. The Balaban J connectivity index is 1.26. The van der Waals surface area contributed by atoms with Crippen molar-refractivity contribution in [3.05, 3.63) is 168 Å². The Labute approximate surface area is 312 Å². The number of hydrogen-bond donors (Lipinski definition) is 0. The summed E-state index contributed by atoms with van der Waals surface area (Å²) in [7, 11) is 0. The van der Waals surface area contributed by atoms with E-state index >= 15 is 0 Å². The van der Waals surface area contributed by atoms with Crippen molar-refractivity contribution >= 4 is 33.1 Å². The fraction of sp³-hybridized carbons (Fsp3) is 0.0625. The number of fused-ring (bicyclic) bond motifs is 5. The highest BCUT2D eigenvalue weighted by atomic mass is 15.1. The van der Waals surface area contributed by atoms with Gasteiger partial charge in [-0.1, -0.05) is 78.9 Å². The van der Waals surface area contributed by atoms with Crippen molar-refractivity contribution in [2.45, 2.75) is 20.8 Å². The number of aryl methyl sites for hydroxylation is 3. The van der Waals surface area contributed by atoms with Gasteiger partial charge in [-0.25, -0.2) is 15.0 Å². The van der Waals surface area contributed by atoms with Crippen molar-refractivity contribution in [1.29, 1.82) is 0 Å². The fourth-order valence-electron chi connectivity index (χ4n) is 8.20.